The highest BCUT2D eigenvalue weighted by Gasteiger charge is 2.33. The Morgan fingerprint density at radius 3 is 2.66 bits per heavy atom. The van der Waals surface area contributed by atoms with Crippen LogP contribution in [0.2, 0.25) is 0 Å². The molecule has 0 unspecified atom stereocenters. The lowest BCUT2D eigenvalue weighted by Gasteiger charge is -2.34. The van der Waals surface area contributed by atoms with Gasteiger partial charge in [-0.1, -0.05) is 12.1 Å². The number of carbonyl (C=O) groups is 2. The van der Waals surface area contributed by atoms with Crippen molar-refractivity contribution in [2.75, 3.05) is 25.9 Å². The third-order valence-electron chi connectivity index (χ3n) is 4.84. The van der Waals surface area contributed by atoms with E-state index in [9.17, 15) is 22.4 Å². The molecule has 1 atom stereocenters. The number of carbonyl (C=O) groups excluding carboxylic acids is 2. The second kappa shape index (κ2) is 9.01. The van der Waals surface area contributed by atoms with Crippen molar-refractivity contribution in [3.05, 3.63) is 53.3 Å². The maximum Gasteiger partial charge on any atom is 0.416 e. The summed E-state index contributed by atoms with van der Waals surface area (Å²) in [5.41, 5.74) is 0.495. The largest absolute Gasteiger partial charge is 0.416 e. The first-order valence-electron chi connectivity index (χ1n) is 9.52. The number of amides is 2. The number of ether oxygens (including phenoxy) is 2. The molecule has 1 aliphatic rings. The zero-order chi connectivity index (χ0) is 23.6. The molecule has 172 valence electrons. The van der Waals surface area contributed by atoms with Gasteiger partial charge in [0.2, 0.25) is 0 Å². The summed E-state index contributed by atoms with van der Waals surface area (Å²) < 4.78 is 53.0. The number of halogens is 1. The van der Waals surface area contributed by atoms with Crippen LogP contribution in [0.15, 0.2) is 36.4 Å². The highest BCUT2D eigenvalue weighted by atomic mass is 32.2. The Morgan fingerprint density at radius 1 is 1.28 bits per heavy atom. The molecule has 3 rings (SSSR count). The molecule has 2 amide bonds. The number of hydrogen-bond acceptors (Lipinski definition) is 6. The van der Waals surface area contributed by atoms with Crippen LogP contribution in [0, 0.1) is 5.82 Å². The van der Waals surface area contributed by atoms with Gasteiger partial charge in [0.1, 0.15) is 11.5 Å². The summed E-state index contributed by atoms with van der Waals surface area (Å²) >= 11 is 0. The third-order valence-corrected chi connectivity index (χ3v) is 5.86. The fourth-order valence-corrected chi connectivity index (χ4v) is 3.59. The zero-order valence-corrected chi connectivity index (χ0v) is 18.7. The second-order valence-electron chi connectivity index (χ2n) is 7.22. The molecule has 2 aromatic rings. The van der Waals surface area contributed by atoms with Crippen LogP contribution in [0.1, 0.15) is 24.1 Å². The van der Waals surface area contributed by atoms with Crippen LogP contribution in [0.3, 0.4) is 0 Å². The van der Waals surface area contributed by atoms with E-state index in [2.05, 4.69) is 4.72 Å². The molecule has 0 aliphatic carbocycles. The molecule has 0 radical (unpaired) electrons. The Balaban J connectivity index is 1.83. The number of hydrogen-bond donors (Lipinski definition) is 2. The van der Waals surface area contributed by atoms with E-state index in [0.29, 0.717) is 5.56 Å². The topological polar surface area (TPSA) is 117 Å². The van der Waals surface area contributed by atoms with Gasteiger partial charge in [0, 0.05) is 38.3 Å². The van der Waals surface area contributed by atoms with Gasteiger partial charge in [0.25, 0.3) is 10.2 Å². The number of benzene rings is 2. The molecule has 0 saturated heterocycles. The lowest BCUT2D eigenvalue weighted by Crippen LogP contribution is -2.39. The van der Waals surface area contributed by atoms with Crippen molar-refractivity contribution < 1.29 is 31.9 Å². The van der Waals surface area contributed by atoms with Crippen molar-refractivity contribution in [1.29, 1.82) is 0 Å². The monoisotopic (exact) mass is 466 g/mol. The molecular weight excluding hydrogens is 443 g/mol. The quantitative estimate of drug-likeness (QED) is 0.676. The van der Waals surface area contributed by atoms with Crippen molar-refractivity contribution in [3.63, 3.8) is 0 Å². The van der Waals surface area contributed by atoms with Gasteiger partial charge >= 0.3 is 12.2 Å². The van der Waals surface area contributed by atoms with E-state index >= 15 is 0 Å². The summed E-state index contributed by atoms with van der Waals surface area (Å²) in [4.78, 5) is 26.9. The molecule has 32 heavy (non-hydrogen) atoms. The van der Waals surface area contributed by atoms with Crippen LogP contribution in [0.25, 0.3) is 0 Å². The lowest BCUT2D eigenvalue weighted by atomic mass is 10.0. The Kier molecular flexibility index (Phi) is 6.55. The number of nitrogens with one attached hydrogen (secondary N) is 2. The minimum Gasteiger partial charge on any atom is -0.410 e. The molecule has 1 heterocycles. The Hall–Kier alpha value is -3.38. The number of fused-ring (bicyclic) bond motifs is 1. The van der Waals surface area contributed by atoms with Crippen LogP contribution in [-0.2, 0) is 16.8 Å². The van der Waals surface area contributed by atoms with Gasteiger partial charge in [-0.2, -0.15) is 8.42 Å². The van der Waals surface area contributed by atoms with Gasteiger partial charge in [-0.15, -0.1) is 0 Å². The van der Waals surface area contributed by atoms with Crippen molar-refractivity contribution in [3.8, 4) is 11.5 Å². The zero-order valence-electron chi connectivity index (χ0n) is 17.9. The van der Waals surface area contributed by atoms with E-state index in [-0.39, 0.29) is 29.3 Å². The van der Waals surface area contributed by atoms with Gasteiger partial charge in [-0.3, -0.25) is 9.62 Å². The van der Waals surface area contributed by atoms with Crippen LogP contribution >= 0.6 is 0 Å². The Labute approximate surface area is 185 Å². The average molecular weight is 466 g/mol. The molecule has 0 spiro atoms. The summed E-state index contributed by atoms with van der Waals surface area (Å²) in [5.74, 6) is -0.353. The van der Waals surface area contributed by atoms with Crippen LogP contribution in [0.5, 0.6) is 11.5 Å². The van der Waals surface area contributed by atoms with Crippen molar-refractivity contribution >= 4 is 28.1 Å². The molecule has 0 fully saturated rings. The van der Waals surface area contributed by atoms with Crippen LogP contribution in [-0.4, -0.2) is 51.5 Å². The fourth-order valence-electron chi connectivity index (χ4n) is 3.04. The predicted molar refractivity (Wildman–Crippen MR) is 114 cm³/mol. The van der Waals surface area contributed by atoms with E-state index in [1.807, 2.05) is 4.72 Å². The molecule has 1 aliphatic heterocycles. The first-order valence-corrected chi connectivity index (χ1v) is 11.0. The number of rotatable bonds is 6. The SMILES string of the molecule is CNS(=O)(=O)Nc1cccc(CN2C(=O)Oc3cc(OC(=O)N(C)C)ccc3[C@H]2C)c1F. The highest BCUT2D eigenvalue weighted by molar-refractivity contribution is 7.90. The number of anilines is 1. The summed E-state index contributed by atoms with van der Waals surface area (Å²) in [6, 6.07) is 8.39. The molecule has 12 heteroatoms. The van der Waals surface area contributed by atoms with E-state index in [1.165, 1.54) is 41.1 Å². The molecule has 0 saturated carbocycles. The van der Waals surface area contributed by atoms with Gasteiger partial charge in [0.05, 0.1) is 18.3 Å². The van der Waals surface area contributed by atoms with Crippen molar-refractivity contribution in [2.45, 2.75) is 19.5 Å². The molecule has 0 bridgehead atoms. The van der Waals surface area contributed by atoms with E-state index in [0.717, 1.165) is 0 Å². The maximum absolute atomic E-state index is 14.9. The minimum atomic E-state index is -3.91. The van der Waals surface area contributed by atoms with Gasteiger partial charge in [-0.05, 0) is 25.1 Å². The number of nitrogens with zero attached hydrogens (tertiary/aromatic N) is 2. The Bertz CT molecular complexity index is 1150. The molecule has 2 aromatic carbocycles. The predicted octanol–water partition coefficient (Wildman–Crippen LogP) is 2.84. The minimum absolute atomic E-state index is 0.102. The summed E-state index contributed by atoms with van der Waals surface area (Å²) in [7, 11) is 0.366. The fraction of sp³-hybridized carbons (Fsp3) is 0.300. The summed E-state index contributed by atoms with van der Waals surface area (Å²) in [6.07, 6.45) is -1.30. The van der Waals surface area contributed by atoms with E-state index < -0.39 is 34.3 Å². The van der Waals surface area contributed by atoms with Crippen molar-refractivity contribution in [1.82, 2.24) is 14.5 Å². The van der Waals surface area contributed by atoms with Gasteiger partial charge < -0.3 is 14.4 Å². The first-order chi connectivity index (χ1) is 15.0. The maximum atomic E-state index is 14.9. The molecule has 0 aromatic heterocycles. The summed E-state index contributed by atoms with van der Waals surface area (Å²) in [5, 5.41) is 0. The van der Waals surface area contributed by atoms with Crippen LogP contribution in [0.4, 0.5) is 19.7 Å². The molecule has 10 nitrogen and oxygen atoms in total. The average Bonchev–Trinajstić information content (AvgIpc) is 2.73. The van der Waals surface area contributed by atoms with Crippen LogP contribution < -0.4 is 18.9 Å². The van der Waals surface area contributed by atoms with Gasteiger partial charge in [-0.25, -0.2) is 18.7 Å². The first kappa shape index (κ1) is 23.3. The second-order valence-corrected chi connectivity index (χ2v) is 8.84. The third kappa shape index (κ3) is 4.92. The van der Waals surface area contributed by atoms with Crippen molar-refractivity contribution in [2.24, 2.45) is 0 Å². The van der Waals surface area contributed by atoms with E-state index in [4.69, 9.17) is 9.47 Å². The van der Waals surface area contributed by atoms with Gasteiger partial charge in [0.15, 0.2) is 5.82 Å². The normalized spacial score (nSPS) is 15.6. The molecule has 2 N–H and O–H groups in total. The lowest BCUT2D eigenvalue weighted by molar-refractivity contribution is 0.116. The standard InChI is InChI=1S/C20H23FN4O6S/c1-12-15-9-8-14(30-19(26)24(3)4)10-17(15)31-20(27)25(12)11-13-6-5-7-16(18(13)21)23-32(28,29)22-2/h5-10,12,22-23H,11H2,1-4H3/t12-/m1/s1. The molecular formula is C20H23FN4O6S. The Morgan fingerprint density at radius 2 is 2.00 bits per heavy atom. The van der Waals surface area contributed by atoms with E-state index in [1.54, 1.807) is 33.2 Å². The summed E-state index contributed by atoms with van der Waals surface area (Å²) in [6.45, 7) is 1.59. The smallest absolute Gasteiger partial charge is 0.410 e. The highest BCUT2D eigenvalue weighted by Crippen LogP contribution is 2.38.